The molecule has 1 heterocycles. The van der Waals surface area contributed by atoms with Crippen molar-refractivity contribution in [3.63, 3.8) is 0 Å². The fourth-order valence-electron chi connectivity index (χ4n) is 6.10. The van der Waals surface area contributed by atoms with Crippen LogP contribution in [0.1, 0.15) is 63.4 Å². The van der Waals surface area contributed by atoms with E-state index in [-0.39, 0.29) is 23.7 Å². The smallest absolute Gasteiger partial charge is 0.229 e. The van der Waals surface area contributed by atoms with Crippen LogP contribution in [0.15, 0.2) is 60.7 Å². The molecule has 0 spiro atoms. The standard InChI is InChI=1S/C32H36N4O2S/c37-30(23-8-2-1-3-9-23)36-32-35-28-16-15-27(19-29(28)39-32)34-31(38)25-11-6-12-26(18-25)33-20-21-13-14-22-7-4-5-10-24(22)17-21/h4-5,7,10,13-17,19,23,25-26,33H,1-3,6,8-9,11-12,18,20H2,(H,34,38)(H,35,36,37). The average molecular weight is 541 g/mol. The monoisotopic (exact) mass is 540 g/mol. The Hall–Kier alpha value is -3.29. The molecule has 6 nitrogen and oxygen atoms in total. The lowest BCUT2D eigenvalue weighted by atomic mass is 9.85. The molecule has 3 aromatic carbocycles. The van der Waals surface area contributed by atoms with Crippen molar-refractivity contribution in [2.45, 2.75) is 70.4 Å². The van der Waals surface area contributed by atoms with Gasteiger partial charge in [0, 0.05) is 30.1 Å². The number of benzene rings is 3. The van der Waals surface area contributed by atoms with Crippen LogP contribution < -0.4 is 16.0 Å². The van der Waals surface area contributed by atoms with Gasteiger partial charge in [-0.25, -0.2) is 4.98 Å². The van der Waals surface area contributed by atoms with Crippen LogP contribution >= 0.6 is 11.3 Å². The zero-order chi connectivity index (χ0) is 26.6. The molecule has 0 bridgehead atoms. The summed E-state index contributed by atoms with van der Waals surface area (Å²) in [5.41, 5.74) is 2.90. The molecule has 39 heavy (non-hydrogen) atoms. The van der Waals surface area contributed by atoms with E-state index in [0.717, 1.165) is 73.8 Å². The van der Waals surface area contributed by atoms with E-state index >= 15 is 0 Å². The van der Waals surface area contributed by atoms with Crippen molar-refractivity contribution in [2.24, 2.45) is 11.8 Å². The van der Waals surface area contributed by atoms with E-state index in [1.54, 1.807) is 0 Å². The van der Waals surface area contributed by atoms with Crippen LogP contribution in [-0.2, 0) is 16.1 Å². The fourth-order valence-corrected chi connectivity index (χ4v) is 7.00. The third kappa shape index (κ3) is 6.31. The number of nitrogens with zero attached hydrogens (tertiary/aromatic N) is 1. The van der Waals surface area contributed by atoms with E-state index < -0.39 is 0 Å². The van der Waals surface area contributed by atoms with Gasteiger partial charge in [0.1, 0.15) is 0 Å². The normalized spacial score (nSPS) is 20.2. The van der Waals surface area contributed by atoms with Crippen molar-refractivity contribution in [3.05, 3.63) is 66.2 Å². The molecule has 2 aliphatic rings. The summed E-state index contributed by atoms with van der Waals surface area (Å²) in [7, 11) is 0. The summed E-state index contributed by atoms with van der Waals surface area (Å²) >= 11 is 1.47. The van der Waals surface area contributed by atoms with E-state index in [4.69, 9.17) is 0 Å². The number of amides is 2. The lowest BCUT2D eigenvalue weighted by molar-refractivity contribution is -0.121. The second-order valence-corrected chi connectivity index (χ2v) is 12.2. The molecule has 0 aliphatic heterocycles. The zero-order valence-electron chi connectivity index (χ0n) is 22.2. The van der Waals surface area contributed by atoms with Gasteiger partial charge in [-0.1, -0.05) is 73.4 Å². The van der Waals surface area contributed by atoms with E-state index in [2.05, 4.69) is 63.4 Å². The molecule has 2 aliphatic carbocycles. The van der Waals surface area contributed by atoms with Crippen molar-refractivity contribution < 1.29 is 9.59 Å². The summed E-state index contributed by atoms with van der Waals surface area (Å²) in [5.74, 6) is 0.266. The van der Waals surface area contributed by atoms with Crippen molar-refractivity contribution in [1.29, 1.82) is 0 Å². The van der Waals surface area contributed by atoms with Gasteiger partial charge in [0.05, 0.1) is 10.2 Å². The number of thiazole rings is 1. The van der Waals surface area contributed by atoms with Gasteiger partial charge in [0.2, 0.25) is 11.8 Å². The van der Waals surface area contributed by atoms with Crippen LogP contribution in [0.5, 0.6) is 0 Å². The van der Waals surface area contributed by atoms with Crippen LogP contribution in [0.2, 0.25) is 0 Å². The lowest BCUT2D eigenvalue weighted by Gasteiger charge is -2.29. The molecule has 0 radical (unpaired) electrons. The number of rotatable bonds is 7. The highest BCUT2D eigenvalue weighted by Crippen LogP contribution is 2.32. The minimum absolute atomic E-state index is 0.00430. The van der Waals surface area contributed by atoms with Crippen molar-refractivity contribution in [2.75, 3.05) is 10.6 Å². The van der Waals surface area contributed by atoms with Gasteiger partial charge in [-0.15, -0.1) is 0 Å². The molecular formula is C32H36N4O2S. The predicted octanol–water partition coefficient (Wildman–Crippen LogP) is 7.26. The molecule has 2 unspecified atom stereocenters. The molecule has 4 aromatic rings. The van der Waals surface area contributed by atoms with Gasteiger partial charge < -0.3 is 16.0 Å². The number of fused-ring (bicyclic) bond motifs is 2. The Morgan fingerprint density at radius 2 is 1.59 bits per heavy atom. The zero-order valence-corrected chi connectivity index (χ0v) is 23.1. The number of hydrogen-bond acceptors (Lipinski definition) is 5. The van der Waals surface area contributed by atoms with Crippen LogP contribution in [0, 0.1) is 11.8 Å². The number of hydrogen-bond donors (Lipinski definition) is 3. The first-order chi connectivity index (χ1) is 19.1. The molecule has 0 saturated heterocycles. The maximum atomic E-state index is 13.2. The molecular weight excluding hydrogens is 504 g/mol. The van der Waals surface area contributed by atoms with Crippen molar-refractivity contribution in [3.8, 4) is 0 Å². The minimum Gasteiger partial charge on any atom is -0.326 e. The maximum absolute atomic E-state index is 13.2. The fraction of sp³-hybridized carbons (Fsp3) is 0.406. The number of carbonyl (C=O) groups is 2. The first kappa shape index (κ1) is 26.0. The molecule has 2 amide bonds. The first-order valence-electron chi connectivity index (χ1n) is 14.3. The van der Waals surface area contributed by atoms with Crippen LogP contribution in [0.3, 0.4) is 0 Å². The average Bonchev–Trinajstić information content (AvgIpc) is 3.38. The van der Waals surface area contributed by atoms with Crippen molar-refractivity contribution >= 4 is 55.0 Å². The molecule has 3 N–H and O–H groups in total. The highest BCUT2D eigenvalue weighted by atomic mass is 32.1. The molecule has 2 saturated carbocycles. The summed E-state index contributed by atoms with van der Waals surface area (Å²) in [5, 5.41) is 13.0. The predicted molar refractivity (Wildman–Crippen MR) is 160 cm³/mol. The van der Waals surface area contributed by atoms with Gasteiger partial charge >= 0.3 is 0 Å². The van der Waals surface area contributed by atoms with E-state index in [0.29, 0.717) is 11.2 Å². The molecule has 2 atom stereocenters. The highest BCUT2D eigenvalue weighted by molar-refractivity contribution is 7.22. The molecule has 2 fully saturated rings. The minimum atomic E-state index is -0.00430. The van der Waals surface area contributed by atoms with Crippen molar-refractivity contribution in [1.82, 2.24) is 10.3 Å². The Balaban J connectivity index is 1.03. The van der Waals surface area contributed by atoms with E-state index in [9.17, 15) is 9.59 Å². The Morgan fingerprint density at radius 1 is 0.795 bits per heavy atom. The summed E-state index contributed by atoms with van der Waals surface area (Å²) in [6, 6.07) is 21.2. The van der Waals surface area contributed by atoms with Gasteiger partial charge in [0.15, 0.2) is 5.13 Å². The van der Waals surface area contributed by atoms with Crippen LogP contribution in [0.25, 0.3) is 21.0 Å². The third-order valence-electron chi connectivity index (χ3n) is 8.32. The Morgan fingerprint density at radius 3 is 2.46 bits per heavy atom. The SMILES string of the molecule is O=C(Nc1ccc2nc(NC(=O)C3CCCCC3)sc2c1)C1CCCC(NCc2ccc3ccccc3c2)C1. The Bertz CT molecular complexity index is 1480. The largest absolute Gasteiger partial charge is 0.326 e. The summed E-state index contributed by atoms with van der Waals surface area (Å²) in [6.07, 6.45) is 9.32. The van der Waals surface area contributed by atoms with Gasteiger partial charge in [-0.05, 0) is 72.7 Å². The molecule has 6 rings (SSSR count). The Kier molecular flexibility index (Phi) is 7.88. The quantitative estimate of drug-likeness (QED) is 0.230. The topological polar surface area (TPSA) is 83.1 Å². The second kappa shape index (κ2) is 11.8. The number of anilines is 2. The number of carbonyl (C=O) groups excluding carboxylic acids is 2. The number of nitrogens with one attached hydrogen (secondary N) is 3. The van der Waals surface area contributed by atoms with Gasteiger partial charge in [0.25, 0.3) is 0 Å². The lowest BCUT2D eigenvalue weighted by Crippen LogP contribution is -2.37. The summed E-state index contributed by atoms with van der Waals surface area (Å²) < 4.78 is 0.963. The Labute approximate surface area is 233 Å². The third-order valence-corrected chi connectivity index (χ3v) is 9.25. The highest BCUT2D eigenvalue weighted by Gasteiger charge is 2.27. The van der Waals surface area contributed by atoms with E-state index in [1.165, 1.54) is 34.1 Å². The van der Waals surface area contributed by atoms with Gasteiger partial charge in [-0.3, -0.25) is 9.59 Å². The second-order valence-electron chi connectivity index (χ2n) is 11.1. The molecule has 202 valence electrons. The number of aromatic nitrogens is 1. The summed E-state index contributed by atoms with van der Waals surface area (Å²) in [6.45, 7) is 0.811. The van der Waals surface area contributed by atoms with Crippen LogP contribution in [0.4, 0.5) is 10.8 Å². The first-order valence-corrected chi connectivity index (χ1v) is 15.2. The maximum Gasteiger partial charge on any atom is 0.229 e. The molecule has 1 aromatic heterocycles. The van der Waals surface area contributed by atoms with Gasteiger partial charge in [-0.2, -0.15) is 0 Å². The molecule has 7 heteroatoms. The van der Waals surface area contributed by atoms with E-state index in [1.807, 2.05) is 18.2 Å². The van der Waals surface area contributed by atoms with Crippen LogP contribution in [-0.4, -0.2) is 22.8 Å². The summed E-state index contributed by atoms with van der Waals surface area (Å²) in [4.78, 5) is 30.4.